The second-order valence-electron chi connectivity index (χ2n) is 4.90. The van der Waals surface area contributed by atoms with Crippen LogP contribution in [0.5, 0.6) is 0 Å². The highest BCUT2D eigenvalue weighted by Crippen LogP contribution is 2.19. The molecule has 0 fully saturated rings. The summed E-state index contributed by atoms with van der Waals surface area (Å²) in [5.41, 5.74) is 1.39. The molecule has 0 saturated carbocycles. The molecule has 0 aliphatic rings. The molecule has 0 bridgehead atoms. The maximum absolute atomic E-state index is 12.1. The van der Waals surface area contributed by atoms with Crippen LogP contribution in [0, 0.1) is 0 Å². The van der Waals surface area contributed by atoms with E-state index in [0.29, 0.717) is 17.7 Å². The van der Waals surface area contributed by atoms with E-state index in [2.05, 4.69) is 5.32 Å². The van der Waals surface area contributed by atoms with E-state index in [-0.39, 0.29) is 11.7 Å². The fraction of sp³-hybridized carbons (Fsp3) is 0.222. The maximum Gasteiger partial charge on any atom is 0.224 e. The number of carbonyl (C=O) groups excluding carboxylic acids is 2. The number of hydrogen-bond donors (Lipinski definition) is 1. The Bertz CT molecular complexity index is 623. The summed E-state index contributed by atoms with van der Waals surface area (Å²) < 4.78 is 0. The van der Waals surface area contributed by atoms with E-state index in [9.17, 15) is 9.59 Å². The van der Waals surface area contributed by atoms with Crippen molar-refractivity contribution in [1.82, 2.24) is 0 Å². The summed E-state index contributed by atoms with van der Waals surface area (Å²) in [6.45, 7) is 1.96. The molecule has 0 aliphatic heterocycles. The van der Waals surface area contributed by atoms with E-state index in [1.165, 1.54) is 11.8 Å². The molecule has 114 valence electrons. The predicted molar refractivity (Wildman–Crippen MR) is 91.5 cm³/mol. The molecule has 0 saturated heterocycles. The van der Waals surface area contributed by atoms with Crippen molar-refractivity contribution in [3.63, 3.8) is 0 Å². The second-order valence-corrected chi connectivity index (χ2v) is 5.95. The van der Waals surface area contributed by atoms with Crippen LogP contribution in [0.2, 0.25) is 0 Å². The average Bonchev–Trinajstić information content (AvgIpc) is 2.54. The van der Waals surface area contributed by atoms with Crippen molar-refractivity contribution in [3.8, 4) is 0 Å². The summed E-state index contributed by atoms with van der Waals surface area (Å²) in [5.74, 6) is 0.493. The highest BCUT2D eigenvalue weighted by atomic mass is 32.2. The number of thioether (sulfide) groups is 1. The van der Waals surface area contributed by atoms with Crippen LogP contribution >= 0.6 is 11.8 Å². The van der Waals surface area contributed by atoms with Gasteiger partial charge in [-0.05, 0) is 42.8 Å². The van der Waals surface area contributed by atoms with Gasteiger partial charge in [0, 0.05) is 22.6 Å². The number of amides is 1. The van der Waals surface area contributed by atoms with Crippen molar-refractivity contribution >= 4 is 29.1 Å². The molecule has 2 aromatic carbocycles. The quantitative estimate of drug-likeness (QED) is 0.609. The second kappa shape index (κ2) is 8.39. The Kier molecular flexibility index (Phi) is 6.22. The molecule has 0 aromatic heterocycles. The van der Waals surface area contributed by atoms with Gasteiger partial charge >= 0.3 is 0 Å². The van der Waals surface area contributed by atoms with Crippen molar-refractivity contribution in [2.24, 2.45) is 0 Å². The van der Waals surface area contributed by atoms with Crippen LogP contribution in [0.25, 0.3) is 0 Å². The van der Waals surface area contributed by atoms with Gasteiger partial charge in [-0.15, -0.1) is 11.8 Å². The minimum Gasteiger partial charge on any atom is -0.326 e. The summed E-state index contributed by atoms with van der Waals surface area (Å²) in [6.07, 6.45) is 1.33. The first-order valence-electron chi connectivity index (χ1n) is 7.30. The number of nitrogens with one attached hydrogen (secondary N) is 1. The van der Waals surface area contributed by atoms with Crippen molar-refractivity contribution in [3.05, 3.63) is 60.2 Å². The summed E-state index contributed by atoms with van der Waals surface area (Å²) in [7, 11) is 0. The monoisotopic (exact) mass is 313 g/mol. The smallest absolute Gasteiger partial charge is 0.224 e. The Balaban J connectivity index is 1.89. The van der Waals surface area contributed by atoms with Crippen molar-refractivity contribution in [1.29, 1.82) is 0 Å². The molecule has 0 unspecified atom stereocenters. The summed E-state index contributed by atoms with van der Waals surface area (Å²) >= 11 is 1.53. The molecule has 1 amide bonds. The molecular formula is C18H19NO2S. The summed E-state index contributed by atoms with van der Waals surface area (Å²) in [6, 6.07) is 16.9. The minimum atomic E-state index is 0.00112. The van der Waals surface area contributed by atoms with Gasteiger partial charge in [0.2, 0.25) is 5.91 Å². The van der Waals surface area contributed by atoms with E-state index in [4.69, 9.17) is 0 Å². The molecule has 0 atom stereocenters. The van der Waals surface area contributed by atoms with E-state index >= 15 is 0 Å². The van der Waals surface area contributed by atoms with Crippen molar-refractivity contribution in [2.45, 2.75) is 24.7 Å². The molecule has 2 rings (SSSR count). The molecule has 0 heterocycles. The lowest BCUT2D eigenvalue weighted by Crippen LogP contribution is -2.10. The zero-order valence-corrected chi connectivity index (χ0v) is 13.4. The third kappa shape index (κ3) is 5.04. The van der Waals surface area contributed by atoms with Gasteiger partial charge in [-0.25, -0.2) is 0 Å². The number of rotatable bonds is 7. The minimum absolute atomic E-state index is 0.00112. The first-order valence-corrected chi connectivity index (χ1v) is 8.28. The zero-order valence-electron chi connectivity index (χ0n) is 12.5. The maximum atomic E-state index is 12.1. The van der Waals surface area contributed by atoms with Gasteiger partial charge < -0.3 is 5.32 Å². The molecule has 1 N–H and O–H groups in total. The van der Waals surface area contributed by atoms with Crippen LogP contribution in [-0.4, -0.2) is 17.4 Å². The number of hydrogen-bond acceptors (Lipinski definition) is 3. The van der Waals surface area contributed by atoms with Gasteiger partial charge in [-0.3, -0.25) is 9.59 Å². The highest BCUT2D eigenvalue weighted by Gasteiger charge is 2.07. The lowest BCUT2D eigenvalue weighted by Gasteiger charge is -2.06. The van der Waals surface area contributed by atoms with Gasteiger partial charge in [-0.2, -0.15) is 0 Å². The fourth-order valence-corrected chi connectivity index (χ4v) is 2.75. The van der Waals surface area contributed by atoms with Crippen molar-refractivity contribution < 1.29 is 9.59 Å². The van der Waals surface area contributed by atoms with Gasteiger partial charge in [0.15, 0.2) is 5.78 Å². The zero-order chi connectivity index (χ0) is 15.8. The molecule has 3 nitrogen and oxygen atoms in total. The van der Waals surface area contributed by atoms with Gasteiger partial charge in [0.05, 0.1) is 5.75 Å². The third-order valence-electron chi connectivity index (χ3n) is 3.08. The molecule has 0 spiro atoms. The summed E-state index contributed by atoms with van der Waals surface area (Å²) in [5, 5.41) is 2.81. The Hall–Kier alpha value is -2.07. The van der Waals surface area contributed by atoms with E-state index < -0.39 is 0 Å². The van der Waals surface area contributed by atoms with Crippen LogP contribution in [-0.2, 0) is 4.79 Å². The topological polar surface area (TPSA) is 46.2 Å². The number of ketones is 1. The number of carbonyl (C=O) groups is 2. The van der Waals surface area contributed by atoms with E-state index in [0.717, 1.165) is 17.0 Å². The molecule has 0 aliphatic carbocycles. The Morgan fingerprint density at radius 1 is 1.00 bits per heavy atom. The lowest BCUT2D eigenvalue weighted by molar-refractivity contribution is -0.116. The molecule has 4 heteroatoms. The normalized spacial score (nSPS) is 10.2. The predicted octanol–water partition coefficient (Wildman–Crippen LogP) is 4.40. The van der Waals surface area contributed by atoms with E-state index in [1.54, 1.807) is 24.3 Å². The molecule has 2 aromatic rings. The van der Waals surface area contributed by atoms with Gasteiger partial charge in [-0.1, -0.05) is 25.1 Å². The van der Waals surface area contributed by atoms with E-state index in [1.807, 2.05) is 37.3 Å². The van der Waals surface area contributed by atoms with Crippen LogP contribution < -0.4 is 5.32 Å². The SMILES string of the molecule is CCCC(=O)Nc1ccc(C(=O)CSc2ccccc2)cc1. The van der Waals surface area contributed by atoms with Crippen LogP contribution in [0.3, 0.4) is 0 Å². The van der Waals surface area contributed by atoms with Crippen LogP contribution in [0.15, 0.2) is 59.5 Å². The van der Waals surface area contributed by atoms with Crippen LogP contribution in [0.1, 0.15) is 30.1 Å². The molecular weight excluding hydrogens is 294 g/mol. The molecule has 0 radical (unpaired) electrons. The first-order chi connectivity index (χ1) is 10.7. The van der Waals surface area contributed by atoms with Gasteiger partial charge in [0.25, 0.3) is 0 Å². The standard InChI is InChI=1S/C18H19NO2S/c1-2-6-18(21)19-15-11-9-14(10-12-15)17(20)13-22-16-7-4-3-5-8-16/h3-5,7-12H,2,6,13H2,1H3,(H,19,21). The van der Waals surface area contributed by atoms with Crippen molar-refractivity contribution in [2.75, 3.05) is 11.1 Å². The number of benzene rings is 2. The number of anilines is 1. The first kappa shape index (κ1) is 16.3. The third-order valence-corrected chi connectivity index (χ3v) is 4.09. The Labute approximate surface area is 135 Å². The molecule has 22 heavy (non-hydrogen) atoms. The Morgan fingerprint density at radius 2 is 1.68 bits per heavy atom. The average molecular weight is 313 g/mol. The fourth-order valence-electron chi connectivity index (χ4n) is 1.94. The highest BCUT2D eigenvalue weighted by molar-refractivity contribution is 8.00. The Morgan fingerprint density at radius 3 is 2.32 bits per heavy atom. The number of Topliss-reactive ketones (excluding diaryl/α,β-unsaturated/α-hetero) is 1. The largest absolute Gasteiger partial charge is 0.326 e. The van der Waals surface area contributed by atoms with Crippen LogP contribution in [0.4, 0.5) is 5.69 Å². The summed E-state index contributed by atoms with van der Waals surface area (Å²) in [4.78, 5) is 24.7. The lowest BCUT2D eigenvalue weighted by atomic mass is 10.1. The van der Waals surface area contributed by atoms with Gasteiger partial charge in [0.1, 0.15) is 0 Å².